The third kappa shape index (κ3) is 5.30. The fraction of sp³-hybridized carbons (Fsp3) is 0.714. The highest BCUT2D eigenvalue weighted by Crippen LogP contribution is 2.16. The van der Waals surface area contributed by atoms with Gasteiger partial charge in [0.2, 0.25) is 0 Å². The molecule has 114 valence electrons. The number of anilines is 2. The van der Waals surface area contributed by atoms with E-state index in [0.29, 0.717) is 25.6 Å². The molecule has 0 aliphatic carbocycles. The van der Waals surface area contributed by atoms with Gasteiger partial charge in [-0.3, -0.25) is 0 Å². The Morgan fingerprint density at radius 3 is 2.65 bits per heavy atom. The lowest BCUT2D eigenvalue weighted by atomic mass is 10.3. The minimum atomic E-state index is 0.112. The molecule has 2 N–H and O–H groups in total. The molecule has 0 saturated carbocycles. The fourth-order valence-electron chi connectivity index (χ4n) is 1.91. The summed E-state index contributed by atoms with van der Waals surface area (Å²) in [6.07, 6.45) is 1.00. The summed E-state index contributed by atoms with van der Waals surface area (Å²) < 4.78 is 5.39. The lowest BCUT2D eigenvalue weighted by Crippen LogP contribution is -2.29. The predicted molar refractivity (Wildman–Crippen MR) is 81.1 cm³/mol. The van der Waals surface area contributed by atoms with Crippen molar-refractivity contribution < 1.29 is 9.84 Å². The van der Waals surface area contributed by atoms with Crippen LogP contribution in [0.1, 0.15) is 33.0 Å². The number of aromatic nitrogens is 2. The molecule has 0 amide bonds. The average molecular weight is 282 g/mol. The number of ether oxygens (including phenoxy) is 1. The molecular formula is C14H26N4O2. The maximum atomic E-state index is 9.18. The van der Waals surface area contributed by atoms with Gasteiger partial charge in [0.25, 0.3) is 0 Å². The van der Waals surface area contributed by atoms with E-state index in [-0.39, 0.29) is 6.61 Å². The van der Waals surface area contributed by atoms with E-state index >= 15 is 0 Å². The largest absolute Gasteiger partial charge is 0.395 e. The summed E-state index contributed by atoms with van der Waals surface area (Å²) in [6.45, 7) is 9.48. The molecule has 6 nitrogen and oxygen atoms in total. The molecule has 1 aromatic rings. The summed E-state index contributed by atoms with van der Waals surface area (Å²) in [7, 11) is 0. The first kappa shape index (κ1) is 16.7. The molecule has 1 aromatic heterocycles. The van der Waals surface area contributed by atoms with Crippen LogP contribution < -0.4 is 10.2 Å². The summed E-state index contributed by atoms with van der Waals surface area (Å²) in [5, 5.41) is 12.4. The van der Waals surface area contributed by atoms with E-state index in [9.17, 15) is 5.11 Å². The summed E-state index contributed by atoms with van der Waals surface area (Å²) in [5.41, 5.74) is 0. The van der Waals surface area contributed by atoms with Crippen LogP contribution >= 0.6 is 0 Å². The Hall–Kier alpha value is -1.40. The number of aliphatic hydroxyl groups excluding tert-OH is 1. The van der Waals surface area contributed by atoms with E-state index < -0.39 is 0 Å². The quantitative estimate of drug-likeness (QED) is 0.680. The molecule has 0 aromatic carbocycles. The van der Waals surface area contributed by atoms with Crippen LogP contribution in [-0.4, -0.2) is 47.9 Å². The Bertz CT molecular complexity index is 381. The second-order valence-electron chi connectivity index (χ2n) is 4.41. The highest BCUT2D eigenvalue weighted by Gasteiger charge is 2.11. The van der Waals surface area contributed by atoms with E-state index in [1.807, 2.05) is 19.9 Å². The SMILES string of the molecule is CCCN(CCO)c1cc(NCC)nc(COCC)n1. The predicted octanol–water partition coefficient (Wildman–Crippen LogP) is 1.65. The Balaban J connectivity index is 2.97. The standard InChI is InChI=1S/C14H26N4O2/c1-4-7-18(8-9-19)14-10-12(15-5-2)16-13(17-14)11-20-6-3/h10,19H,4-9,11H2,1-3H3,(H,15,16,17). The fourth-order valence-corrected chi connectivity index (χ4v) is 1.91. The van der Waals surface area contributed by atoms with Crippen molar-refractivity contribution in [2.24, 2.45) is 0 Å². The maximum absolute atomic E-state index is 9.18. The van der Waals surface area contributed by atoms with Gasteiger partial charge in [-0.2, -0.15) is 0 Å². The molecular weight excluding hydrogens is 256 g/mol. The lowest BCUT2D eigenvalue weighted by molar-refractivity contribution is 0.128. The molecule has 20 heavy (non-hydrogen) atoms. The summed E-state index contributed by atoms with van der Waals surface area (Å²) in [4.78, 5) is 11.0. The van der Waals surface area contributed by atoms with Gasteiger partial charge in [0.15, 0.2) is 5.82 Å². The van der Waals surface area contributed by atoms with E-state index in [4.69, 9.17) is 4.74 Å². The van der Waals surface area contributed by atoms with E-state index in [2.05, 4.69) is 27.1 Å². The van der Waals surface area contributed by atoms with Crippen LogP contribution in [0.4, 0.5) is 11.6 Å². The molecule has 0 spiro atoms. The summed E-state index contributed by atoms with van der Waals surface area (Å²) >= 11 is 0. The van der Waals surface area contributed by atoms with Gasteiger partial charge in [-0.15, -0.1) is 0 Å². The third-order valence-electron chi connectivity index (χ3n) is 2.74. The van der Waals surface area contributed by atoms with E-state index in [0.717, 1.165) is 31.1 Å². The molecule has 0 aliphatic rings. The number of rotatable bonds is 10. The molecule has 0 aliphatic heterocycles. The normalized spacial score (nSPS) is 10.6. The van der Waals surface area contributed by atoms with Gasteiger partial charge in [0, 0.05) is 32.3 Å². The Morgan fingerprint density at radius 1 is 1.25 bits per heavy atom. The number of nitrogens with zero attached hydrogens (tertiary/aromatic N) is 3. The van der Waals surface area contributed by atoms with Crippen molar-refractivity contribution in [2.45, 2.75) is 33.8 Å². The first-order valence-electron chi connectivity index (χ1n) is 7.30. The van der Waals surface area contributed by atoms with Crippen molar-refractivity contribution in [1.29, 1.82) is 0 Å². The van der Waals surface area contributed by atoms with Crippen molar-refractivity contribution in [2.75, 3.05) is 43.1 Å². The van der Waals surface area contributed by atoms with Gasteiger partial charge in [-0.25, -0.2) is 9.97 Å². The van der Waals surface area contributed by atoms with Crippen LogP contribution in [0.25, 0.3) is 0 Å². The zero-order valence-corrected chi connectivity index (χ0v) is 12.7. The molecule has 6 heteroatoms. The van der Waals surface area contributed by atoms with Gasteiger partial charge >= 0.3 is 0 Å². The molecule has 1 rings (SSSR count). The van der Waals surface area contributed by atoms with Crippen LogP contribution in [0.15, 0.2) is 6.07 Å². The second-order valence-corrected chi connectivity index (χ2v) is 4.41. The third-order valence-corrected chi connectivity index (χ3v) is 2.74. The molecule has 0 bridgehead atoms. The Labute approximate surface area is 121 Å². The molecule has 0 saturated heterocycles. The first-order valence-corrected chi connectivity index (χ1v) is 7.30. The molecule has 0 fully saturated rings. The zero-order valence-electron chi connectivity index (χ0n) is 12.7. The van der Waals surface area contributed by atoms with E-state index in [1.54, 1.807) is 0 Å². The van der Waals surface area contributed by atoms with Crippen LogP contribution in [-0.2, 0) is 11.3 Å². The smallest absolute Gasteiger partial charge is 0.158 e. The average Bonchev–Trinajstić information content (AvgIpc) is 2.45. The summed E-state index contributed by atoms with van der Waals surface area (Å²) in [6, 6.07) is 1.92. The number of nitrogens with one attached hydrogen (secondary N) is 1. The van der Waals surface area contributed by atoms with Crippen LogP contribution in [0.3, 0.4) is 0 Å². The monoisotopic (exact) mass is 282 g/mol. The van der Waals surface area contributed by atoms with Crippen LogP contribution in [0.2, 0.25) is 0 Å². The Morgan fingerprint density at radius 2 is 2.05 bits per heavy atom. The van der Waals surface area contributed by atoms with Gasteiger partial charge in [-0.05, 0) is 20.3 Å². The van der Waals surface area contributed by atoms with Gasteiger partial charge < -0.3 is 20.1 Å². The lowest BCUT2D eigenvalue weighted by Gasteiger charge is -2.23. The number of hydrogen-bond acceptors (Lipinski definition) is 6. The number of hydrogen-bond donors (Lipinski definition) is 2. The minimum Gasteiger partial charge on any atom is -0.395 e. The van der Waals surface area contributed by atoms with Crippen LogP contribution in [0.5, 0.6) is 0 Å². The molecule has 0 radical (unpaired) electrons. The van der Waals surface area contributed by atoms with E-state index in [1.165, 1.54) is 0 Å². The minimum absolute atomic E-state index is 0.112. The topological polar surface area (TPSA) is 70.5 Å². The van der Waals surface area contributed by atoms with Gasteiger partial charge in [0.1, 0.15) is 18.2 Å². The van der Waals surface area contributed by atoms with Gasteiger partial charge in [-0.1, -0.05) is 6.92 Å². The zero-order chi connectivity index (χ0) is 14.8. The number of aliphatic hydroxyl groups is 1. The Kier molecular flexibility index (Phi) is 7.91. The summed E-state index contributed by atoms with van der Waals surface area (Å²) in [5.74, 6) is 2.30. The van der Waals surface area contributed by atoms with Crippen molar-refractivity contribution in [3.8, 4) is 0 Å². The van der Waals surface area contributed by atoms with Crippen molar-refractivity contribution >= 4 is 11.6 Å². The molecule has 0 atom stereocenters. The van der Waals surface area contributed by atoms with Crippen molar-refractivity contribution in [1.82, 2.24) is 9.97 Å². The van der Waals surface area contributed by atoms with Crippen molar-refractivity contribution in [3.63, 3.8) is 0 Å². The highest BCUT2D eigenvalue weighted by atomic mass is 16.5. The maximum Gasteiger partial charge on any atom is 0.158 e. The molecule has 0 unspecified atom stereocenters. The first-order chi connectivity index (χ1) is 9.74. The van der Waals surface area contributed by atoms with Gasteiger partial charge in [0.05, 0.1) is 6.61 Å². The second kappa shape index (κ2) is 9.50. The van der Waals surface area contributed by atoms with Crippen LogP contribution in [0, 0.1) is 0 Å². The highest BCUT2D eigenvalue weighted by molar-refractivity contribution is 5.49. The molecule has 1 heterocycles. The van der Waals surface area contributed by atoms with Crippen molar-refractivity contribution in [3.05, 3.63) is 11.9 Å².